The van der Waals surface area contributed by atoms with Crippen molar-refractivity contribution in [3.05, 3.63) is 66.7 Å². The Bertz CT molecular complexity index is 1440. The summed E-state index contributed by atoms with van der Waals surface area (Å²) in [5.41, 5.74) is 6.19. The smallest absolute Gasteiger partial charge is 0.338 e. The molecule has 8 nitrogen and oxygen atoms in total. The van der Waals surface area contributed by atoms with Crippen LogP contribution in [0, 0.1) is 18.3 Å². The minimum Gasteiger partial charge on any atom is -0.463 e. The van der Waals surface area contributed by atoms with Crippen LogP contribution in [0.4, 0.5) is 5.88 Å². The van der Waals surface area contributed by atoms with Gasteiger partial charge in [0.1, 0.15) is 33.7 Å². The number of nitrogen functional groups attached to an aromatic ring is 1. The Hall–Kier alpha value is -3.77. The molecule has 1 aliphatic heterocycles. The normalized spacial score (nSPS) is 16.4. The highest BCUT2D eigenvalue weighted by molar-refractivity contribution is 7.07. The summed E-state index contributed by atoms with van der Waals surface area (Å²) in [6.45, 7) is 5.34. The van der Waals surface area contributed by atoms with E-state index in [1.807, 2.05) is 0 Å². The molecule has 4 rings (SSSR count). The van der Waals surface area contributed by atoms with Crippen LogP contribution in [0.1, 0.15) is 37.0 Å². The third-order valence-electron chi connectivity index (χ3n) is 4.94. The van der Waals surface area contributed by atoms with Crippen molar-refractivity contribution in [1.82, 2.24) is 4.57 Å². The first kappa shape index (κ1) is 20.5. The van der Waals surface area contributed by atoms with E-state index in [0.29, 0.717) is 32.0 Å². The first-order valence-corrected chi connectivity index (χ1v) is 10.3. The van der Waals surface area contributed by atoms with Crippen LogP contribution in [-0.4, -0.2) is 17.1 Å². The minimum atomic E-state index is -0.706. The molecule has 1 unspecified atom stereocenters. The van der Waals surface area contributed by atoms with E-state index in [2.05, 4.69) is 6.07 Å². The molecule has 3 aromatic heterocycles. The molecule has 0 spiro atoms. The number of carbonyl (C=O) groups excluding carboxylic acids is 1. The summed E-state index contributed by atoms with van der Waals surface area (Å²) in [4.78, 5) is 26.2. The number of esters is 1. The van der Waals surface area contributed by atoms with Crippen molar-refractivity contribution in [2.75, 3.05) is 12.3 Å². The van der Waals surface area contributed by atoms with Gasteiger partial charge in [-0.25, -0.2) is 4.79 Å². The molecule has 1 aliphatic rings. The topological polar surface area (TPSA) is 124 Å². The molecular weight excluding hydrogens is 418 g/mol. The first-order valence-electron chi connectivity index (χ1n) is 9.53. The highest BCUT2D eigenvalue weighted by Crippen LogP contribution is 2.38. The van der Waals surface area contributed by atoms with Gasteiger partial charge < -0.3 is 19.3 Å². The molecule has 0 saturated heterocycles. The van der Waals surface area contributed by atoms with Crippen molar-refractivity contribution in [3.8, 4) is 6.07 Å². The Morgan fingerprint density at radius 3 is 2.68 bits per heavy atom. The summed E-state index contributed by atoms with van der Waals surface area (Å²) in [5.74, 6) is 0.486. The van der Waals surface area contributed by atoms with E-state index in [0.717, 1.165) is 11.3 Å². The predicted molar refractivity (Wildman–Crippen MR) is 115 cm³/mol. The third-order valence-corrected chi connectivity index (χ3v) is 6.05. The fourth-order valence-corrected chi connectivity index (χ4v) is 4.75. The van der Waals surface area contributed by atoms with Crippen molar-refractivity contribution < 1.29 is 18.4 Å². The molecule has 158 valence electrons. The third kappa shape index (κ3) is 3.41. The lowest BCUT2D eigenvalue weighted by molar-refractivity contribution is -0.136. The van der Waals surface area contributed by atoms with Crippen LogP contribution in [0.25, 0.3) is 17.3 Å². The van der Waals surface area contributed by atoms with Gasteiger partial charge in [-0.05, 0) is 44.5 Å². The number of thiazole rings is 1. The summed E-state index contributed by atoms with van der Waals surface area (Å²) in [6, 6.07) is 8.86. The zero-order valence-electron chi connectivity index (χ0n) is 17.1. The summed E-state index contributed by atoms with van der Waals surface area (Å²) >= 11 is 1.09. The van der Waals surface area contributed by atoms with Gasteiger partial charge in [0.2, 0.25) is 0 Å². The number of nitrogens with zero attached hydrogens (tertiary/aromatic N) is 2. The molecule has 31 heavy (non-hydrogen) atoms. The highest BCUT2D eigenvalue weighted by Gasteiger charge is 2.36. The maximum atomic E-state index is 13.2. The summed E-state index contributed by atoms with van der Waals surface area (Å²) < 4.78 is 18.3. The van der Waals surface area contributed by atoms with Gasteiger partial charge >= 0.3 is 5.97 Å². The van der Waals surface area contributed by atoms with E-state index in [1.54, 1.807) is 51.1 Å². The molecule has 0 radical (unpaired) electrons. The Kier molecular flexibility index (Phi) is 5.17. The van der Waals surface area contributed by atoms with Crippen LogP contribution < -0.4 is 20.5 Å². The molecule has 9 heteroatoms. The largest absolute Gasteiger partial charge is 0.463 e. The van der Waals surface area contributed by atoms with E-state index in [9.17, 15) is 14.9 Å². The van der Waals surface area contributed by atoms with Crippen LogP contribution in [0.5, 0.6) is 0 Å². The van der Waals surface area contributed by atoms with Gasteiger partial charge in [-0.15, -0.1) is 11.3 Å². The average Bonchev–Trinajstić information content (AvgIpc) is 3.42. The van der Waals surface area contributed by atoms with Gasteiger partial charge in [0.25, 0.3) is 5.56 Å². The lowest BCUT2D eigenvalue weighted by atomic mass is 9.87. The fraction of sp³-hybridized carbons (Fsp3) is 0.227. The van der Waals surface area contributed by atoms with Crippen molar-refractivity contribution in [1.29, 1.82) is 5.26 Å². The second-order valence-corrected chi connectivity index (χ2v) is 7.99. The number of nitriles is 1. The lowest BCUT2D eigenvalue weighted by Gasteiger charge is -2.23. The number of hydrogen-bond acceptors (Lipinski definition) is 8. The molecule has 0 aromatic carbocycles. The molecule has 0 saturated carbocycles. The zero-order chi connectivity index (χ0) is 22.3. The summed E-state index contributed by atoms with van der Waals surface area (Å²) in [6.07, 6.45) is 1.60. The maximum absolute atomic E-state index is 13.2. The molecular formula is C22H19N3O5S. The number of furan rings is 2. The fourth-order valence-electron chi connectivity index (χ4n) is 3.61. The van der Waals surface area contributed by atoms with Crippen LogP contribution in [-0.2, 0) is 9.53 Å². The van der Waals surface area contributed by atoms with Gasteiger partial charge in [-0.3, -0.25) is 9.36 Å². The quantitative estimate of drug-likeness (QED) is 0.620. The van der Waals surface area contributed by atoms with Crippen molar-refractivity contribution in [3.63, 3.8) is 0 Å². The molecule has 4 heterocycles. The van der Waals surface area contributed by atoms with E-state index in [4.69, 9.17) is 19.3 Å². The van der Waals surface area contributed by atoms with Gasteiger partial charge in [0, 0.05) is 12.1 Å². The van der Waals surface area contributed by atoms with Crippen molar-refractivity contribution in [2.24, 2.45) is 0 Å². The predicted octanol–water partition coefficient (Wildman–Crippen LogP) is 2.08. The van der Waals surface area contributed by atoms with Gasteiger partial charge in [0.15, 0.2) is 5.88 Å². The van der Waals surface area contributed by atoms with Gasteiger partial charge in [-0.2, -0.15) is 5.26 Å². The Morgan fingerprint density at radius 2 is 2.10 bits per heavy atom. The summed E-state index contributed by atoms with van der Waals surface area (Å²) in [7, 11) is 0. The molecule has 0 fully saturated rings. The molecule has 1 atom stereocenters. The number of aryl methyl sites for hydroxylation is 1. The van der Waals surface area contributed by atoms with E-state index >= 15 is 0 Å². The van der Waals surface area contributed by atoms with Crippen LogP contribution in [0.3, 0.4) is 0 Å². The van der Waals surface area contributed by atoms with Crippen LogP contribution in [0.2, 0.25) is 0 Å². The minimum absolute atomic E-state index is 0.138. The van der Waals surface area contributed by atoms with Crippen molar-refractivity contribution >= 4 is 40.5 Å². The van der Waals surface area contributed by atoms with Crippen LogP contribution >= 0.6 is 11.3 Å². The number of carbonyl (C=O) groups is 1. The SMILES string of the molecule is CCOC(=O)C1=c2sc(=Cc3ccc(C)o3)c(=O)n2C(C#N)=C(C)C1c1ccc(N)o1. The summed E-state index contributed by atoms with van der Waals surface area (Å²) in [5, 5.41) is 9.86. The number of aromatic nitrogens is 1. The van der Waals surface area contributed by atoms with Gasteiger partial charge in [-0.1, -0.05) is 0 Å². The monoisotopic (exact) mass is 437 g/mol. The highest BCUT2D eigenvalue weighted by atomic mass is 32.1. The number of rotatable bonds is 4. The number of allylic oxidation sites excluding steroid dienone is 2. The average molecular weight is 437 g/mol. The van der Waals surface area contributed by atoms with Gasteiger partial charge in [0.05, 0.1) is 22.6 Å². The van der Waals surface area contributed by atoms with E-state index < -0.39 is 17.4 Å². The number of nitrogens with two attached hydrogens (primary N) is 1. The van der Waals surface area contributed by atoms with E-state index in [-0.39, 0.29) is 23.8 Å². The molecule has 3 aromatic rings. The Morgan fingerprint density at radius 1 is 1.32 bits per heavy atom. The van der Waals surface area contributed by atoms with E-state index in [1.165, 1.54) is 4.57 Å². The first-order chi connectivity index (χ1) is 14.8. The molecule has 0 amide bonds. The Balaban J connectivity index is 2.10. The van der Waals surface area contributed by atoms with Crippen LogP contribution in [0.15, 0.2) is 43.5 Å². The number of fused-ring (bicyclic) bond motifs is 1. The standard InChI is InChI=1S/C22H19N3O5S/c1-4-28-22(27)19-18(15-7-8-17(24)30-15)12(3)14(10-23)25-20(26)16(31-21(19)25)9-13-6-5-11(2)29-13/h5-9,18H,4,24H2,1-3H3. The molecule has 0 aliphatic carbocycles. The number of hydrogen-bond donors (Lipinski definition) is 1. The Labute approximate surface area is 180 Å². The zero-order valence-corrected chi connectivity index (χ0v) is 17.9. The number of anilines is 1. The second-order valence-electron chi connectivity index (χ2n) is 6.96. The molecule has 0 bridgehead atoms. The van der Waals surface area contributed by atoms with Crippen molar-refractivity contribution in [2.45, 2.75) is 26.7 Å². The maximum Gasteiger partial charge on any atom is 0.338 e. The number of ether oxygens (including phenoxy) is 1. The second kappa shape index (κ2) is 7.81. The molecule has 2 N–H and O–H groups in total. The lowest BCUT2D eigenvalue weighted by Crippen LogP contribution is -2.37.